The van der Waals surface area contributed by atoms with E-state index in [4.69, 9.17) is 4.74 Å². The number of ether oxygens (including phenoxy) is 1. The summed E-state index contributed by atoms with van der Waals surface area (Å²) in [5.41, 5.74) is 0.336. The van der Waals surface area contributed by atoms with Gasteiger partial charge in [-0.05, 0) is 76.5 Å². The van der Waals surface area contributed by atoms with Crippen LogP contribution in [0.3, 0.4) is 0 Å². The van der Waals surface area contributed by atoms with Crippen molar-refractivity contribution in [2.24, 2.45) is 0 Å². The summed E-state index contributed by atoms with van der Waals surface area (Å²) in [5.74, 6) is -0.456. The van der Waals surface area contributed by atoms with Gasteiger partial charge < -0.3 is 9.84 Å². The Bertz CT molecular complexity index is 1020. The quantitative estimate of drug-likeness (QED) is 0.372. The third-order valence-electron chi connectivity index (χ3n) is 4.38. The van der Waals surface area contributed by atoms with Gasteiger partial charge in [0.1, 0.15) is 5.75 Å². The maximum Gasteiger partial charge on any atom is 0.416 e. The second kappa shape index (κ2) is 13.0. The van der Waals surface area contributed by atoms with E-state index in [0.29, 0.717) is 30.1 Å². The predicted octanol–water partition coefficient (Wildman–Crippen LogP) is 7.34. The van der Waals surface area contributed by atoms with Gasteiger partial charge in [-0.15, -0.1) is 0 Å². The number of fused-ring (bicyclic) bond motifs is 1. The van der Waals surface area contributed by atoms with E-state index in [1.54, 1.807) is 28.6 Å². The molecule has 5 nitrogen and oxygen atoms in total. The minimum Gasteiger partial charge on any atom is -0.507 e. The highest BCUT2D eigenvalue weighted by molar-refractivity contribution is 7.97. The molecule has 1 N–H and O–H groups in total. The Kier molecular flexibility index (Phi) is 11.4. The van der Waals surface area contributed by atoms with Crippen LogP contribution >= 0.6 is 11.8 Å². The number of rotatable bonds is 5. The van der Waals surface area contributed by atoms with Crippen molar-refractivity contribution in [3.63, 3.8) is 0 Å². The molecule has 0 bridgehead atoms. The lowest BCUT2D eigenvalue weighted by Gasteiger charge is -2.19. The van der Waals surface area contributed by atoms with Crippen molar-refractivity contribution in [3.8, 4) is 17.0 Å². The number of hydrogen-bond acceptors (Lipinski definition) is 5. The molecule has 0 unspecified atom stereocenters. The lowest BCUT2D eigenvalue weighted by atomic mass is 10.00. The number of aryl methyl sites for hydroxylation is 2. The van der Waals surface area contributed by atoms with Crippen LogP contribution in [0, 0.1) is 6.92 Å². The number of aromatic nitrogens is 3. The monoisotopic (exact) mass is 499 g/mol. The van der Waals surface area contributed by atoms with Crippen molar-refractivity contribution in [2.75, 3.05) is 19.1 Å². The van der Waals surface area contributed by atoms with Crippen molar-refractivity contribution in [2.45, 2.75) is 66.3 Å². The molecule has 1 aromatic carbocycles. The summed E-state index contributed by atoms with van der Waals surface area (Å²) in [7, 11) is 0. The number of alkyl halides is 3. The summed E-state index contributed by atoms with van der Waals surface area (Å²) >= 11 is 1.75. The lowest BCUT2D eigenvalue weighted by molar-refractivity contribution is -0.137. The number of pyridine rings is 1. The minimum absolute atomic E-state index is 0.188. The van der Waals surface area contributed by atoms with Gasteiger partial charge in [0.05, 0.1) is 16.9 Å². The first-order chi connectivity index (χ1) is 15.9. The van der Waals surface area contributed by atoms with Crippen LogP contribution in [-0.2, 0) is 17.5 Å². The Hall–Kier alpha value is -2.26. The molecule has 34 heavy (non-hydrogen) atoms. The van der Waals surface area contributed by atoms with E-state index in [1.807, 2.05) is 53.3 Å². The molecule has 3 aromatic rings. The number of thioether (sulfide) groups is 1. The van der Waals surface area contributed by atoms with E-state index >= 15 is 0 Å². The van der Waals surface area contributed by atoms with E-state index in [2.05, 4.69) is 10.1 Å². The Balaban J connectivity index is 0.00000107. The molecule has 0 spiro atoms. The average Bonchev–Trinajstić information content (AvgIpc) is 3.13. The Morgan fingerprint density at radius 2 is 1.71 bits per heavy atom. The topological polar surface area (TPSA) is 60.2 Å². The highest BCUT2D eigenvalue weighted by atomic mass is 32.2. The van der Waals surface area contributed by atoms with Crippen molar-refractivity contribution < 1.29 is 23.0 Å². The van der Waals surface area contributed by atoms with Crippen LogP contribution in [0.25, 0.3) is 22.3 Å². The summed E-state index contributed by atoms with van der Waals surface area (Å²) in [6.07, 6.45) is 2.22. The number of nitrogens with zero attached hydrogens (tertiary/aromatic N) is 3. The molecule has 0 saturated heterocycles. The van der Waals surface area contributed by atoms with Crippen LogP contribution in [0.2, 0.25) is 0 Å². The van der Waals surface area contributed by atoms with Gasteiger partial charge in [-0.25, -0.2) is 4.98 Å². The molecule has 0 aliphatic rings. The Morgan fingerprint density at radius 3 is 2.24 bits per heavy atom. The van der Waals surface area contributed by atoms with Crippen molar-refractivity contribution in [1.82, 2.24) is 14.8 Å². The van der Waals surface area contributed by atoms with Gasteiger partial charge in [0, 0.05) is 30.3 Å². The smallest absolute Gasteiger partial charge is 0.416 e. The average molecular weight is 500 g/mol. The minimum atomic E-state index is -4.52. The molecule has 9 heteroatoms. The van der Waals surface area contributed by atoms with E-state index in [0.717, 1.165) is 23.9 Å². The molecule has 0 saturated carbocycles. The molecule has 190 valence electrons. The van der Waals surface area contributed by atoms with Crippen molar-refractivity contribution in [3.05, 3.63) is 41.6 Å². The zero-order valence-corrected chi connectivity index (χ0v) is 22.1. The molecule has 0 fully saturated rings. The van der Waals surface area contributed by atoms with E-state index < -0.39 is 17.5 Å². The molecular formula is C25H36F3N3O2S. The van der Waals surface area contributed by atoms with Crippen LogP contribution in [0.4, 0.5) is 13.2 Å². The highest BCUT2D eigenvalue weighted by Gasteiger charge is 2.32. The molecule has 0 radical (unpaired) electrons. The maximum atomic E-state index is 12.9. The number of phenolic OH excluding ortho intramolecular Hbond substituents is 1. The van der Waals surface area contributed by atoms with Crippen LogP contribution < -0.4 is 0 Å². The normalized spacial score (nSPS) is 11.5. The van der Waals surface area contributed by atoms with Crippen LogP contribution in [0.1, 0.15) is 52.2 Å². The van der Waals surface area contributed by atoms with Crippen molar-refractivity contribution >= 4 is 22.8 Å². The number of benzene rings is 1. The van der Waals surface area contributed by atoms with Crippen LogP contribution in [-0.4, -0.2) is 44.6 Å². The zero-order chi connectivity index (χ0) is 26.1. The van der Waals surface area contributed by atoms with Gasteiger partial charge in [0.2, 0.25) is 0 Å². The highest BCUT2D eigenvalue weighted by Crippen LogP contribution is 2.38. The molecule has 2 aromatic heterocycles. The van der Waals surface area contributed by atoms with Crippen molar-refractivity contribution in [1.29, 1.82) is 0 Å². The number of hydrogen-bond donors (Lipinski definition) is 1. The fourth-order valence-electron chi connectivity index (χ4n) is 3.08. The maximum absolute atomic E-state index is 12.9. The van der Waals surface area contributed by atoms with E-state index in [9.17, 15) is 18.3 Å². The summed E-state index contributed by atoms with van der Waals surface area (Å²) in [5, 5.41) is 15.4. The fourth-order valence-corrected chi connectivity index (χ4v) is 3.08. The summed E-state index contributed by atoms with van der Waals surface area (Å²) in [6.45, 7) is 12.8. The number of halogens is 3. The van der Waals surface area contributed by atoms with Gasteiger partial charge in [0.15, 0.2) is 5.65 Å². The third kappa shape index (κ3) is 8.83. The molecule has 0 atom stereocenters. The van der Waals surface area contributed by atoms with Gasteiger partial charge >= 0.3 is 6.18 Å². The lowest BCUT2D eigenvalue weighted by Crippen LogP contribution is -2.20. The first kappa shape index (κ1) is 29.8. The summed E-state index contributed by atoms with van der Waals surface area (Å²) in [6, 6.07) is 5.20. The first-order valence-electron chi connectivity index (χ1n) is 11.1. The van der Waals surface area contributed by atoms with E-state index in [-0.39, 0.29) is 11.2 Å². The van der Waals surface area contributed by atoms with Gasteiger partial charge in [0.25, 0.3) is 0 Å². The van der Waals surface area contributed by atoms with Crippen LogP contribution in [0.5, 0.6) is 5.75 Å². The fraction of sp³-hybridized carbons (Fsp3) is 0.520. The molecule has 0 aliphatic heterocycles. The van der Waals surface area contributed by atoms with Gasteiger partial charge in [-0.3, -0.25) is 4.68 Å². The van der Waals surface area contributed by atoms with Gasteiger partial charge in [-0.1, -0.05) is 13.8 Å². The zero-order valence-electron chi connectivity index (χ0n) is 21.2. The van der Waals surface area contributed by atoms with E-state index in [1.165, 1.54) is 6.92 Å². The Labute approximate surface area is 204 Å². The van der Waals surface area contributed by atoms with Gasteiger partial charge in [-0.2, -0.15) is 30.0 Å². The standard InChI is InChI=1S/C21H24F3N3O2.C2H6S.C2H6/c1-13-10-15(21(22,23)24)11-17(28)18(13)16-7-6-14-12-27(26-19(14)25-16)8-5-9-29-20(2,3)4;1-3-2;1-2/h6-7,10-12,28H,5,8-9H2,1-4H3;1-2H3;1-2H3. The summed E-state index contributed by atoms with van der Waals surface area (Å²) < 4.78 is 46.3. The SMILES string of the molecule is CC.CSC.Cc1cc(C(F)(F)F)cc(O)c1-c1ccc2cn(CCCOC(C)(C)C)nc2n1. The largest absolute Gasteiger partial charge is 0.507 e. The Morgan fingerprint density at radius 1 is 1.09 bits per heavy atom. The molecule has 2 heterocycles. The molecular weight excluding hydrogens is 463 g/mol. The summed E-state index contributed by atoms with van der Waals surface area (Å²) in [4.78, 5) is 4.44. The third-order valence-corrected chi connectivity index (χ3v) is 4.38. The predicted molar refractivity (Wildman–Crippen MR) is 135 cm³/mol. The first-order valence-corrected chi connectivity index (χ1v) is 12.8. The second-order valence-corrected chi connectivity index (χ2v) is 9.23. The molecule has 0 amide bonds. The molecule has 3 rings (SSSR count). The molecule has 0 aliphatic carbocycles. The number of aromatic hydroxyl groups is 1. The van der Waals surface area contributed by atoms with Crippen LogP contribution in [0.15, 0.2) is 30.5 Å². The number of phenols is 1. The second-order valence-electron chi connectivity index (χ2n) is 8.41.